The first kappa shape index (κ1) is 20.2. The van der Waals surface area contributed by atoms with Gasteiger partial charge in [0.05, 0.1) is 30.2 Å². The summed E-state index contributed by atoms with van der Waals surface area (Å²) in [7, 11) is -3.71. The lowest BCUT2D eigenvalue weighted by Crippen LogP contribution is -2.34. The van der Waals surface area contributed by atoms with Gasteiger partial charge in [-0.05, 0) is 30.2 Å². The summed E-state index contributed by atoms with van der Waals surface area (Å²) in [5.41, 5.74) is 1.98. The molecular formula is C21H23N5O3S. The van der Waals surface area contributed by atoms with Crippen LogP contribution in [0.15, 0.2) is 59.9 Å². The van der Waals surface area contributed by atoms with Crippen molar-refractivity contribution in [2.45, 2.75) is 31.8 Å². The molecule has 0 aliphatic carbocycles. The van der Waals surface area contributed by atoms with E-state index in [1.165, 1.54) is 10.6 Å². The molecule has 4 rings (SSSR count). The molecule has 3 heterocycles. The first-order chi connectivity index (χ1) is 14.4. The molecular weight excluding hydrogens is 402 g/mol. The Morgan fingerprint density at radius 2 is 1.90 bits per heavy atom. The average Bonchev–Trinajstić information content (AvgIpc) is 3.12. The van der Waals surface area contributed by atoms with Gasteiger partial charge in [-0.2, -0.15) is 4.31 Å². The fraction of sp³-hybridized carbons (Fsp3) is 0.286. The number of carbonyl (C=O) groups is 1. The van der Waals surface area contributed by atoms with Crippen molar-refractivity contribution in [3.05, 3.63) is 72.1 Å². The number of pyridine rings is 1. The lowest BCUT2D eigenvalue weighted by atomic mass is 10.2. The first-order valence-electron chi connectivity index (χ1n) is 9.72. The van der Waals surface area contributed by atoms with E-state index in [2.05, 4.69) is 15.3 Å². The number of nitrogens with zero attached hydrogens (tertiary/aromatic N) is 4. The Kier molecular flexibility index (Phi) is 5.40. The Bertz CT molecular complexity index is 1170. The minimum Gasteiger partial charge on any atom is -0.345 e. The van der Waals surface area contributed by atoms with Crippen molar-refractivity contribution in [1.29, 1.82) is 0 Å². The molecule has 0 spiro atoms. The predicted molar refractivity (Wildman–Crippen MR) is 111 cm³/mol. The number of aromatic nitrogens is 3. The van der Waals surface area contributed by atoms with Gasteiger partial charge in [-0.3, -0.25) is 14.3 Å². The van der Waals surface area contributed by atoms with Crippen molar-refractivity contribution in [3.63, 3.8) is 0 Å². The average molecular weight is 426 g/mol. The van der Waals surface area contributed by atoms with E-state index in [0.29, 0.717) is 17.9 Å². The van der Waals surface area contributed by atoms with Crippen LogP contribution < -0.4 is 5.32 Å². The second-order valence-electron chi connectivity index (χ2n) is 7.57. The third kappa shape index (κ3) is 3.73. The Morgan fingerprint density at radius 3 is 2.63 bits per heavy atom. The van der Waals surface area contributed by atoms with Gasteiger partial charge in [0.25, 0.3) is 5.91 Å². The Balaban J connectivity index is 1.73. The summed E-state index contributed by atoms with van der Waals surface area (Å²) in [6, 6.07) is 12.3. The van der Waals surface area contributed by atoms with E-state index in [-0.39, 0.29) is 35.5 Å². The van der Waals surface area contributed by atoms with Crippen molar-refractivity contribution in [1.82, 2.24) is 24.2 Å². The molecule has 2 aromatic heterocycles. The summed E-state index contributed by atoms with van der Waals surface area (Å²) in [4.78, 5) is 21.6. The molecule has 1 N–H and O–H groups in total. The smallest absolute Gasteiger partial charge is 0.272 e. The van der Waals surface area contributed by atoms with Crippen molar-refractivity contribution < 1.29 is 13.2 Å². The molecule has 30 heavy (non-hydrogen) atoms. The topological polar surface area (TPSA) is 97.2 Å². The zero-order valence-corrected chi connectivity index (χ0v) is 17.6. The molecule has 0 fully saturated rings. The number of fused-ring (bicyclic) bond motifs is 3. The number of hydrogen-bond acceptors (Lipinski definition) is 5. The lowest BCUT2D eigenvalue weighted by Gasteiger charge is -2.22. The fourth-order valence-electron chi connectivity index (χ4n) is 3.51. The monoisotopic (exact) mass is 425 g/mol. The highest BCUT2D eigenvalue weighted by Gasteiger charge is 2.35. The zero-order chi connectivity index (χ0) is 21.3. The van der Waals surface area contributed by atoms with E-state index in [0.717, 1.165) is 5.69 Å². The number of sulfonamides is 1. The van der Waals surface area contributed by atoms with Gasteiger partial charge in [-0.15, -0.1) is 0 Å². The Morgan fingerprint density at radius 1 is 1.13 bits per heavy atom. The second-order valence-corrected chi connectivity index (χ2v) is 9.48. The molecule has 8 nitrogen and oxygen atoms in total. The minimum atomic E-state index is -3.71. The van der Waals surface area contributed by atoms with E-state index in [4.69, 9.17) is 0 Å². The maximum Gasteiger partial charge on any atom is 0.272 e. The zero-order valence-electron chi connectivity index (χ0n) is 16.8. The van der Waals surface area contributed by atoms with Gasteiger partial charge in [0.15, 0.2) is 5.69 Å². The molecule has 0 bridgehead atoms. The van der Waals surface area contributed by atoms with Crippen molar-refractivity contribution in [2.24, 2.45) is 5.92 Å². The van der Waals surface area contributed by atoms with Gasteiger partial charge in [-0.1, -0.05) is 32.0 Å². The van der Waals surface area contributed by atoms with Crippen LogP contribution in [0.1, 0.15) is 35.7 Å². The van der Waals surface area contributed by atoms with Crippen LogP contribution in [0.5, 0.6) is 0 Å². The van der Waals surface area contributed by atoms with Gasteiger partial charge in [0.2, 0.25) is 10.0 Å². The third-order valence-corrected chi connectivity index (χ3v) is 6.73. The molecule has 0 unspecified atom stereocenters. The van der Waals surface area contributed by atoms with E-state index in [9.17, 15) is 13.2 Å². The molecule has 0 radical (unpaired) electrons. The molecule has 1 aliphatic heterocycles. The summed E-state index contributed by atoms with van der Waals surface area (Å²) in [5, 5.41) is 2.83. The summed E-state index contributed by atoms with van der Waals surface area (Å²) in [6.07, 6.45) is 3.17. The first-order valence-corrected chi connectivity index (χ1v) is 11.2. The van der Waals surface area contributed by atoms with E-state index < -0.39 is 10.0 Å². The van der Waals surface area contributed by atoms with E-state index in [1.807, 2.05) is 32.0 Å². The molecule has 1 amide bonds. The van der Waals surface area contributed by atoms with Gasteiger partial charge >= 0.3 is 0 Å². The SMILES string of the molecule is CC(C)CN1Cc2c(C(=O)NCc3ccccn3)ncn2-c2ccccc2S1(=O)=O. The summed E-state index contributed by atoms with van der Waals surface area (Å²) >= 11 is 0. The number of benzene rings is 1. The summed E-state index contributed by atoms with van der Waals surface area (Å²) in [6.45, 7) is 4.60. The number of nitrogens with one attached hydrogen (secondary N) is 1. The standard InChI is InChI=1S/C21H23N5O3S/c1-15(2)12-25-13-18-20(21(27)23-11-16-7-5-6-10-22-16)24-14-26(18)17-8-3-4-9-19(17)30(25,28)29/h3-10,14-15H,11-13H2,1-2H3,(H,23,27). The van der Waals surface area contributed by atoms with Gasteiger partial charge in [0, 0.05) is 12.7 Å². The number of imidazole rings is 1. The van der Waals surface area contributed by atoms with Crippen molar-refractivity contribution >= 4 is 15.9 Å². The molecule has 1 aromatic carbocycles. The molecule has 3 aromatic rings. The predicted octanol–water partition coefficient (Wildman–Crippen LogP) is 2.36. The van der Waals surface area contributed by atoms with Gasteiger partial charge in [0.1, 0.15) is 11.2 Å². The van der Waals surface area contributed by atoms with Gasteiger partial charge < -0.3 is 5.32 Å². The second kappa shape index (κ2) is 8.00. The largest absolute Gasteiger partial charge is 0.345 e. The Labute approximate surface area is 175 Å². The molecule has 0 atom stereocenters. The third-order valence-electron chi connectivity index (χ3n) is 4.88. The number of hydrogen-bond donors (Lipinski definition) is 1. The maximum atomic E-state index is 13.3. The highest BCUT2D eigenvalue weighted by molar-refractivity contribution is 7.89. The molecule has 9 heteroatoms. The lowest BCUT2D eigenvalue weighted by molar-refractivity contribution is 0.0944. The van der Waals surface area contributed by atoms with Crippen LogP contribution >= 0.6 is 0 Å². The van der Waals surface area contributed by atoms with Crippen molar-refractivity contribution in [2.75, 3.05) is 6.54 Å². The quantitative estimate of drug-likeness (QED) is 0.677. The molecule has 156 valence electrons. The number of carbonyl (C=O) groups excluding carboxylic acids is 1. The van der Waals surface area contributed by atoms with Gasteiger partial charge in [-0.25, -0.2) is 13.4 Å². The van der Waals surface area contributed by atoms with E-state index >= 15 is 0 Å². The minimum absolute atomic E-state index is 0.0710. The molecule has 0 saturated heterocycles. The maximum absolute atomic E-state index is 13.3. The van der Waals surface area contributed by atoms with Crippen LogP contribution in [0.4, 0.5) is 0 Å². The van der Waals surface area contributed by atoms with Crippen LogP contribution in [0.2, 0.25) is 0 Å². The highest BCUT2D eigenvalue weighted by Crippen LogP contribution is 2.31. The van der Waals surface area contributed by atoms with Crippen LogP contribution in [0, 0.1) is 5.92 Å². The van der Waals surface area contributed by atoms with Crippen LogP contribution in [0.25, 0.3) is 5.69 Å². The Hall–Kier alpha value is -3.04. The highest BCUT2D eigenvalue weighted by atomic mass is 32.2. The van der Waals surface area contributed by atoms with Crippen molar-refractivity contribution in [3.8, 4) is 5.69 Å². The summed E-state index contributed by atoms with van der Waals surface area (Å²) < 4.78 is 29.7. The molecule has 1 aliphatic rings. The summed E-state index contributed by atoms with van der Waals surface area (Å²) in [5.74, 6) is -0.237. The van der Waals surface area contributed by atoms with Crippen LogP contribution in [-0.4, -0.2) is 39.7 Å². The van der Waals surface area contributed by atoms with Crippen LogP contribution in [-0.2, 0) is 23.1 Å². The number of rotatable bonds is 5. The number of amides is 1. The fourth-order valence-corrected chi connectivity index (χ4v) is 5.26. The molecule has 0 saturated carbocycles. The normalized spacial score (nSPS) is 15.3. The van der Waals surface area contributed by atoms with Crippen LogP contribution in [0.3, 0.4) is 0 Å². The van der Waals surface area contributed by atoms with E-state index in [1.54, 1.807) is 35.0 Å². The number of para-hydroxylation sites is 1.